The van der Waals surface area contributed by atoms with Crippen molar-refractivity contribution in [3.8, 4) is 0 Å². The number of aryl methyl sites for hydroxylation is 1. The molecule has 1 aliphatic carbocycles. The summed E-state index contributed by atoms with van der Waals surface area (Å²) in [5.41, 5.74) is 2.21. The maximum absolute atomic E-state index is 11.8. The summed E-state index contributed by atoms with van der Waals surface area (Å²) in [5.74, 6) is 0. The molecule has 0 radical (unpaired) electrons. The van der Waals surface area contributed by atoms with Crippen LogP contribution < -0.4 is 10.6 Å². The molecule has 0 atom stereocenters. The highest BCUT2D eigenvalue weighted by Gasteiger charge is 2.15. The Hall–Kier alpha value is -1.52. The molecule has 5 heteroatoms. The molecule has 5 nitrogen and oxygen atoms in total. The number of nitrogens with zero attached hydrogens (tertiary/aromatic N) is 2. The van der Waals surface area contributed by atoms with Gasteiger partial charge in [-0.15, -0.1) is 0 Å². The molecule has 106 valence electrons. The fourth-order valence-electron chi connectivity index (χ4n) is 2.64. The van der Waals surface area contributed by atoms with Gasteiger partial charge in [0, 0.05) is 30.4 Å². The first kappa shape index (κ1) is 13.9. The Morgan fingerprint density at radius 2 is 2.16 bits per heavy atom. The predicted molar refractivity (Wildman–Crippen MR) is 74.9 cm³/mol. The molecule has 1 aliphatic rings. The number of aromatic nitrogens is 2. The van der Waals surface area contributed by atoms with Crippen LogP contribution in [0.25, 0.3) is 0 Å². The first-order valence-corrected chi connectivity index (χ1v) is 7.26. The van der Waals surface area contributed by atoms with Gasteiger partial charge in [0.2, 0.25) is 0 Å². The molecular formula is C14H24N4O. The third kappa shape index (κ3) is 3.72. The summed E-state index contributed by atoms with van der Waals surface area (Å²) in [6.07, 6.45) is 7.82. The third-order valence-electron chi connectivity index (χ3n) is 3.88. The quantitative estimate of drug-likeness (QED) is 0.877. The summed E-state index contributed by atoms with van der Waals surface area (Å²) in [6.45, 7) is 5.50. The Kier molecular flexibility index (Phi) is 4.82. The topological polar surface area (TPSA) is 59.0 Å². The number of hydrogen-bond donors (Lipinski definition) is 2. The molecule has 0 bridgehead atoms. The minimum absolute atomic E-state index is 0.0597. The molecule has 0 saturated heterocycles. The van der Waals surface area contributed by atoms with E-state index in [4.69, 9.17) is 0 Å². The number of amides is 2. The van der Waals surface area contributed by atoms with Crippen molar-refractivity contribution in [2.75, 3.05) is 0 Å². The predicted octanol–water partition coefficient (Wildman–Crippen LogP) is 2.34. The van der Waals surface area contributed by atoms with E-state index in [1.54, 1.807) is 0 Å². The molecule has 1 aromatic rings. The van der Waals surface area contributed by atoms with Gasteiger partial charge in [-0.3, -0.25) is 4.68 Å². The monoisotopic (exact) mass is 264 g/mol. The van der Waals surface area contributed by atoms with E-state index in [1.165, 1.54) is 19.3 Å². The van der Waals surface area contributed by atoms with E-state index in [0.717, 1.165) is 30.6 Å². The van der Waals surface area contributed by atoms with Gasteiger partial charge >= 0.3 is 6.03 Å². The minimum Gasteiger partial charge on any atom is -0.335 e. The molecule has 1 aromatic heterocycles. The van der Waals surface area contributed by atoms with Crippen molar-refractivity contribution in [3.63, 3.8) is 0 Å². The van der Waals surface area contributed by atoms with Gasteiger partial charge in [-0.05, 0) is 26.7 Å². The van der Waals surface area contributed by atoms with E-state index < -0.39 is 0 Å². The van der Waals surface area contributed by atoms with Crippen LogP contribution in [-0.4, -0.2) is 21.9 Å². The van der Waals surface area contributed by atoms with Crippen molar-refractivity contribution >= 4 is 6.03 Å². The van der Waals surface area contributed by atoms with E-state index >= 15 is 0 Å². The van der Waals surface area contributed by atoms with E-state index in [-0.39, 0.29) is 6.03 Å². The summed E-state index contributed by atoms with van der Waals surface area (Å²) in [4.78, 5) is 11.8. The molecule has 0 unspecified atom stereocenters. The smallest absolute Gasteiger partial charge is 0.315 e. The van der Waals surface area contributed by atoms with Gasteiger partial charge in [-0.2, -0.15) is 5.10 Å². The van der Waals surface area contributed by atoms with Crippen LogP contribution >= 0.6 is 0 Å². The number of carbonyl (C=O) groups is 1. The van der Waals surface area contributed by atoms with Crippen LogP contribution in [0, 0.1) is 6.92 Å². The average molecular weight is 264 g/mol. The molecular weight excluding hydrogens is 240 g/mol. The van der Waals surface area contributed by atoms with Crippen molar-refractivity contribution in [2.45, 2.75) is 65.1 Å². The molecule has 0 aromatic carbocycles. The molecule has 19 heavy (non-hydrogen) atoms. The van der Waals surface area contributed by atoms with E-state index in [0.29, 0.717) is 12.6 Å². The number of nitrogens with one attached hydrogen (secondary N) is 2. The number of urea groups is 1. The highest BCUT2D eigenvalue weighted by Crippen LogP contribution is 2.17. The third-order valence-corrected chi connectivity index (χ3v) is 3.88. The standard InChI is InChI=1S/C14H24N4O/c1-3-18-11(2)12(10-16-18)9-15-14(19)17-13-7-5-4-6-8-13/h10,13H,3-9H2,1-2H3,(H2,15,17,19). The highest BCUT2D eigenvalue weighted by atomic mass is 16.2. The van der Waals surface area contributed by atoms with E-state index in [2.05, 4.69) is 22.7 Å². The summed E-state index contributed by atoms with van der Waals surface area (Å²) in [6, 6.07) is 0.295. The zero-order chi connectivity index (χ0) is 13.7. The van der Waals surface area contributed by atoms with Crippen LogP contribution in [-0.2, 0) is 13.1 Å². The van der Waals surface area contributed by atoms with Crippen molar-refractivity contribution in [1.82, 2.24) is 20.4 Å². The molecule has 0 spiro atoms. The Morgan fingerprint density at radius 1 is 1.42 bits per heavy atom. The summed E-state index contributed by atoms with van der Waals surface area (Å²) in [7, 11) is 0. The molecule has 0 aliphatic heterocycles. The lowest BCUT2D eigenvalue weighted by atomic mass is 9.96. The van der Waals surface area contributed by atoms with Gasteiger partial charge in [0.15, 0.2) is 0 Å². The number of rotatable bonds is 4. The molecule has 1 saturated carbocycles. The van der Waals surface area contributed by atoms with Crippen LogP contribution in [0.4, 0.5) is 4.79 Å². The SMILES string of the molecule is CCn1ncc(CNC(=O)NC2CCCCC2)c1C. The second-order valence-electron chi connectivity index (χ2n) is 5.23. The van der Waals surface area contributed by atoms with Gasteiger partial charge in [0.25, 0.3) is 0 Å². The van der Waals surface area contributed by atoms with Gasteiger partial charge in [-0.25, -0.2) is 4.79 Å². The first-order valence-electron chi connectivity index (χ1n) is 7.26. The van der Waals surface area contributed by atoms with Crippen LogP contribution in [0.1, 0.15) is 50.3 Å². The molecule has 1 fully saturated rings. The maximum atomic E-state index is 11.8. The lowest BCUT2D eigenvalue weighted by Crippen LogP contribution is -2.42. The Balaban J connectivity index is 1.77. The van der Waals surface area contributed by atoms with Gasteiger partial charge < -0.3 is 10.6 Å². The maximum Gasteiger partial charge on any atom is 0.315 e. The number of carbonyl (C=O) groups excluding carboxylic acids is 1. The summed E-state index contributed by atoms with van der Waals surface area (Å²) in [5, 5.41) is 10.2. The fourth-order valence-corrected chi connectivity index (χ4v) is 2.64. The number of hydrogen-bond acceptors (Lipinski definition) is 2. The zero-order valence-electron chi connectivity index (χ0n) is 11.9. The molecule has 2 rings (SSSR count). The highest BCUT2D eigenvalue weighted by molar-refractivity contribution is 5.74. The van der Waals surface area contributed by atoms with E-state index in [9.17, 15) is 4.79 Å². The normalized spacial score (nSPS) is 16.3. The minimum atomic E-state index is -0.0597. The summed E-state index contributed by atoms with van der Waals surface area (Å²) < 4.78 is 1.94. The Bertz CT molecular complexity index is 421. The molecule has 1 heterocycles. The van der Waals surface area contributed by atoms with E-state index in [1.807, 2.05) is 17.8 Å². The van der Waals surface area contributed by atoms with Crippen LogP contribution in [0.3, 0.4) is 0 Å². The van der Waals surface area contributed by atoms with Crippen molar-refractivity contribution in [2.24, 2.45) is 0 Å². The second-order valence-corrected chi connectivity index (χ2v) is 5.23. The zero-order valence-corrected chi connectivity index (χ0v) is 11.9. The largest absolute Gasteiger partial charge is 0.335 e. The van der Waals surface area contributed by atoms with Crippen LogP contribution in [0.15, 0.2) is 6.20 Å². The first-order chi connectivity index (χ1) is 9.20. The van der Waals surface area contributed by atoms with Gasteiger partial charge in [-0.1, -0.05) is 19.3 Å². The summed E-state index contributed by atoms with van der Waals surface area (Å²) >= 11 is 0. The lowest BCUT2D eigenvalue weighted by Gasteiger charge is -2.22. The average Bonchev–Trinajstić information content (AvgIpc) is 2.78. The van der Waals surface area contributed by atoms with Crippen molar-refractivity contribution < 1.29 is 4.79 Å². The van der Waals surface area contributed by atoms with Gasteiger partial charge in [0.05, 0.1) is 6.20 Å². The van der Waals surface area contributed by atoms with Crippen molar-refractivity contribution in [1.29, 1.82) is 0 Å². The molecule has 2 amide bonds. The lowest BCUT2D eigenvalue weighted by molar-refractivity contribution is 0.232. The van der Waals surface area contributed by atoms with Crippen LogP contribution in [0.5, 0.6) is 0 Å². The Labute approximate surface area is 114 Å². The van der Waals surface area contributed by atoms with Crippen LogP contribution in [0.2, 0.25) is 0 Å². The van der Waals surface area contributed by atoms with Crippen molar-refractivity contribution in [3.05, 3.63) is 17.5 Å². The second kappa shape index (κ2) is 6.59. The fraction of sp³-hybridized carbons (Fsp3) is 0.714. The van der Waals surface area contributed by atoms with Gasteiger partial charge in [0.1, 0.15) is 0 Å². The molecule has 2 N–H and O–H groups in total. The Morgan fingerprint density at radius 3 is 2.79 bits per heavy atom.